The lowest BCUT2D eigenvalue weighted by Gasteiger charge is -2.12. The van der Waals surface area contributed by atoms with E-state index >= 15 is 0 Å². The minimum absolute atomic E-state index is 0.0320. The van der Waals surface area contributed by atoms with E-state index in [1.807, 2.05) is 30.3 Å². The van der Waals surface area contributed by atoms with Crippen molar-refractivity contribution in [3.05, 3.63) is 82.0 Å². The molecule has 0 spiro atoms. The lowest BCUT2D eigenvalue weighted by atomic mass is 10.00. The van der Waals surface area contributed by atoms with Gasteiger partial charge in [0.25, 0.3) is 0 Å². The van der Waals surface area contributed by atoms with E-state index < -0.39 is 5.43 Å². The van der Waals surface area contributed by atoms with E-state index in [-0.39, 0.29) is 46.1 Å². The first-order chi connectivity index (χ1) is 13.4. The highest BCUT2D eigenvalue weighted by molar-refractivity contribution is 5.89. The van der Waals surface area contributed by atoms with E-state index in [4.69, 9.17) is 4.42 Å². The number of aromatic hydroxyl groups is 4. The van der Waals surface area contributed by atoms with Crippen LogP contribution in [0.3, 0.4) is 0 Å². The first-order valence-corrected chi connectivity index (χ1v) is 8.52. The number of phenols is 4. The highest BCUT2D eigenvalue weighted by atomic mass is 16.3. The first-order valence-electron chi connectivity index (χ1n) is 8.52. The van der Waals surface area contributed by atoms with Crippen molar-refractivity contribution in [2.24, 2.45) is 0 Å². The van der Waals surface area contributed by atoms with Crippen LogP contribution >= 0.6 is 0 Å². The van der Waals surface area contributed by atoms with Gasteiger partial charge in [0.05, 0.1) is 0 Å². The zero-order valence-corrected chi connectivity index (χ0v) is 14.6. The largest absolute Gasteiger partial charge is 0.507 e. The summed E-state index contributed by atoms with van der Waals surface area (Å²) in [6.45, 7) is 0. The Hall–Kier alpha value is -3.93. The summed E-state index contributed by atoms with van der Waals surface area (Å²) in [7, 11) is 0. The van der Waals surface area contributed by atoms with E-state index in [0.29, 0.717) is 11.1 Å². The molecule has 0 bridgehead atoms. The second-order valence-electron chi connectivity index (χ2n) is 6.44. The predicted molar refractivity (Wildman–Crippen MR) is 104 cm³/mol. The van der Waals surface area contributed by atoms with Crippen molar-refractivity contribution in [2.45, 2.75) is 6.42 Å². The smallest absolute Gasteiger partial charge is 0.197 e. The third-order valence-corrected chi connectivity index (χ3v) is 4.54. The van der Waals surface area contributed by atoms with Crippen molar-refractivity contribution in [1.29, 1.82) is 0 Å². The molecule has 0 amide bonds. The Morgan fingerprint density at radius 3 is 2.21 bits per heavy atom. The Labute approximate surface area is 159 Å². The Kier molecular flexibility index (Phi) is 4.16. The number of rotatable bonds is 3. The molecule has 0 atom stereocenters. The lowest BCUT2D eigenvalue weighted by Crippen LogP contribution is -2.03. The van der Waals surface area contributed by atoms with Crippen molar-refractivity contribution in [3.63, 3.8) is 0 Å². The van der Waals surface area contributed by atoms with E-state index in [1.165, 1.54) is 24.3 Å². The van der Waals surface area contributed by atoms with Crippen LogP contribution in [0, 0.1) is 0 Å². The van der Waals surface area contributed by atoms with Gasteiger partial charge in [0.2, 0.25) is 0 Å². The number of benzene rings is 3. The summed E-state index contributed by atoms with van der Waals surface area (Å²) in [6, 6.07) is 15.7. The van der Waals surface area contributed by atoms with Crippen LogP contribution in [-0.2, 0) is 6.42 Å². The third kappa shape index (κ3) is 3.01. The Balaban J connectivity index is 1.97. The van der Waals surface area contributed by atoms with Gasteiger partial charge in [-0.15, -0.1) is 0 Å². The molecule has 1 aromatic heterocycles. The summed E-state index contributed by atoms with van der Waals surface area (Å²) >= 11 is 0. The first kappa shape index (κ1) is 17.5. The Morgan fingerprint density at radius 1 is 0.750 bits per heavy atom. The SMILES string of the molecule is O=c1cc(-c2ccc(O)c(O)c2)oc2c(Cc3ccccc3)c(O)cc(O)c12. The molecule has 4 N–H and O–H groups in total. The average molecular weight is 376 g/mol. The predicted octanol–water partition coefficient (Wildman–Crippen LogP) is 3.87. The molecule has 0 saturated heterocycles. The molecule has 0 saturated carbocycles. The minimum atomic E-state index is -0.490. The zero-order chi connectivity index (χ0) is 19.8. The second-order valence-corrected chi connectivity index (χ2v) is 6.44. The van der Waals surface area contributed by atoms with Crippen molar-refractivity contribution in [2.75, 3.05) is 0 Å². The Bertz CT molecular complexity index is 1240. The van der Waals surface area contributed by atoms with Crippen LogP contribution in [0.2, 0.25) is 0 Å². The fourth-order valence-electron chi connectivity index (χ4n) is 3.14. The summed E-state index contributed by atoms with van der Waals surface area (Å²) in [4.78, 5) is 12.6. The van der Waals surface area contributed by atoms with Gasteiger partial charge in [0, 0.05) is 29.7 Å². The van der Waals surface area contributed by atoms with Gasteiger partial charge < -0.3 is 24.8 Å². The van der Waals surface area contributed by atoms with E-state index in [1.54, 1.807) is 0 Å². The summed E-state index contributed by atoms with van der Waals surface area (Å²) in [5, 5.41) is 39.8. The van der Waals surface area contributed by atoms with Gasteiger partial charge in [-0.3, -0.25) is 4.79 Å². The molecule has 0 aliphatic heterocycles. The normalized spacial score (nSPS) is 11.0. The van der Waals surface area contributed by atoms with E-state index in [2.05, 4.69) is 0 Å². The number of fused-ring (bicyclic) bond motifs is 1. The minimum Gasteiger partial charge on any atom is -0.507 e. The zero-order valence-electron chi connectivity index (χ0n) is 14.6. The molecule has 4 rings (SSSR count). The molecule has 28 heavy (non-hydrogen) atoms. The number of phenolic OH excluding ortho intramolecular Hbond substituents is 4. The molecule has 1 heterocycles. The van der Waals surface area contributed by atoms with Crippen molar-refractivity contribution < 1.29 is 24.8 Å². The van der Waals surface area contributed by atoms with Crippen LogP contribution in [0.4, 0.5) is 0 Å². The molecule has 0 aliphatic carbocycles. The van der Waals surface area contributed by atoms with Gasteiger partial charge in [-0.1, -0.05) is 30.3 Å². The fraction of sp³-hybridized carbons (Fsp3) is 0.0455. The van der Waals surface area contributed by atoms with Gasteiger partial charge in [0.1, 0.15) is 28.2 Å². The Morgan fingerprint density at radius 2 is 1.50 bits per heavy atom. The summed E-state index contributed by atoms with van der Waals surface area (Å²) in [6.07, 6.45) is 0.288. The summed E-state index contributed by atoms with van der Waals surface area (Å²) < 4.78 is 5.88. The highest BCUT2D eigenvalue weighted by Crippen LogP contribution is 2.37. The standard InChI is InChI=1S/C22H16O6/c23-15-7-6-13(9-17(15)25)20-11-19(27)21-18(26)10-16(24)14(22(21)28-20)8-12-4-2-1-3-5-12/h1-7,9-11,23-26H,8H2. The van der Waals surface area contributed by atoms with Crippen molar-refractivity contribution in [1.82, 2.24) is 0 Å². The third-order valence-electron chi connectivity index (χ3n) is 4.54. The van der Waals surface area contributed by atoms with Crippen molar-refractivity contribution >= 4 is 11.0 Å². The van der Waals surface area contributed by atoms with Gasteiger partial charge in [-0.05, 0) is 23.8 Å². The highest BCUT2D eigenvalue weighted by Gasteiger charge is 2.19. The molecule has 0 unspecified atom stereocenters. The summed E-state index contributed by atoms with van der Waals surface area (Å²) in [5.41, 5.74) is 1.19. The second kappa shape index (κ2) is 6.66. The maximum atomic E-state index is 12.6. The lowest BCUT2D eigenvalue weighted by molar-refractivity contribution is 0.404. The van der Waals surface area contributed by atoms with Gasteiger partial charge in [-0.2, -0.15) is 0 Å². The molecular formula is C22H16O6. The molecule has 0 radical (unpaired) electrons. The van der Waals surface area contributed by atoms with Crippen molar-refractivity contribution in [3.8, 4) is 34.3 Å². The molecule has 6 nitrogen and oxygen atoms in total. The van der Waals surface area contributed by atoms with Gasteiger partial charge in [-0.25, -0.2) is 0 Å². The van der Waals surface area contributed by atoms with E-state index in [0.717, 1.165) is 11.6 Å². The summed E-state index contributed by atoms with van der Waals surface area (Å²) in [5.74, 6) is -1.09. The molecule has 140 valence electrons. The monoisotopic (exact) mass is 376 g/mol. The quantitative estimate of drug-likeness (QED) is 0.404. The average Bonchev–Trinajstić information content (AvgIpc) is 2.67. The van der Waals surface area contributed by atoms with Gasteiger partial charge >= 0.3 is 0 Å². The molecule has 4 aromatic rings. The maximum Gasteiger partial charge on any atom is 0.197 e. The molecular weight excluding hydrogens is 360 g/mol. The van der Waals surface area contributed by atoms with Crippen LogP contribution < -0.4 is 5.43 Å². The molecule has 6 heteroatoms. The number of hydrogen-bond donors (Lipinski definition) is 4. The molecule has 0 fully saturated rings. The van der Waals surface area contributed by atoms with E-state index in [9.17, 15) is 25.2 Å². The molecule has 0 aliphatic rings. The molecule has 3 aromatic carbocycles. The van der Waals surface area contributed by atoms with Crippen LogP contribution in [0.5, 0.6) is 23.0 Å². The van der Waals surface area contributed by atoms with Crippen LogP contribution in [0.1, 0.15) is 11.1 Å². The van der Waals surface area contributed by atoms with Crippen LogP contribution in [0.25, 0.3) is 22.3 Å². The van der Waals surface area contributed by atoms with Gasteiger partial charge in [0.15, 0.2) is 16.9 Å². The van der Waals surface area contributed by atoms with Crippen LogP contribution in [-0.4, -0.2) is 20.4 Å². The maximum absolute atomic E-state index is 12.6. The topological polar surface area (TPSA) is 111 Å². The number of hydrogen-bond acceptors (Lipinski definition) is 6. The van der Waals surface area contributed by atoms with Crippen LogP contribution in [0.15, 0.2) is 69.9 Å². The fourth-order valence-corrected chi connectivity index (χ4v) is 3.14.